The zero-order valence-corrected chi connectivity index (χ0v) is 11.6. The third-order valence-corrected chi connectivity index (χ3v) is 2.93. The van der Waals surface area contributed by atoms with Crippen LogP contribution in [-0.2, 0) is 0 Å². The van der Waals surface area contributed by atoms with E-state index in [1.807, 2.05) is 31.2 Å². The largest absolute Gasteiger partial charge is 0.332 e. The quantitative estimate of drug-likeness (QED) is 0.800. The molecule has 0 bridgehead atoms. The summed E-state index contributed by atoms with van der Waals surface area (Å²) in [7, 11) is 0. The summed E-state index contributed by atoms with van der Waals surface area (Å²) in [5.74, 6) is -0.219. The van der Waals surface area contributed by atoms with E-state index in [1.165, 1.54) is 11.6 Å². The summed E-state index contributed by atoms with van der Waals surface area (Å²) < 4.78 is 13.1. The minimum Gasteiger partial charge on any atom is -0.332 e. The van der Waals surface area contributed by atoms with E-state index in [1.54, 1.807) is 19.1 Å². The molecule has 0 aliphatic rings. The van der Waals surface area contributed by atoms with Crippen molar-refractivity contribution in [2.75, 3.05) is 10.6 Å². The van der Waals surface area contributed by atoms with Crippen LogP contribution < -0.4 is 10.6 Å². The molecule has 2 rings (SSSR count). The number of rotatable bonds is 2. The highest BCUT2D eigenvalue weighted by atomic mass is 32.1. The lowest BCUT2D eigenvalue weighted by atomic mass is 10.2. The van der Waals surface area contributed by atoms with E-state index in [9.17, 15) is 4.39 Å². The fourth-order valence-corrected chi connectivity index (χ4v) is 1.89. The third kappa shape index (κ3) is 3.76. The standard InChI is InChI=1S/C15H15FN2S/c1-10-3-5-12(6-4-10)17-15(19)18-13-7-8-14(16)11(2)9-13/h3-9H,1-2H3,(H2,17,18,19). The molecule has 0 aliphatic heterocycles. The zero-order valence-electron chi connectivity index (χ0n) is 10.8. The number of benzene rings is 2. The van der Waals surface area contributed by atoms with Crippen LogP contribution in [0.15, 0.2) is 42.5 Å². The molecule has 0 atom stereocenters. The number of halogens is 1. The van der Waals surface area contributed by atoms with Gasteiger partial charge in [0, 0.05) is 11.4 Å². The molecule has 19 heavy (non-hydrogen) atoms. The number of aryl methyl sites for hydroxylation is 2. The van der Waals surface area contributed by atoms with Crippen molar-refractivity contribution < 1.29 is 4.39 Å². The molecule has 2 N–H and O–H groups in total. The lowest BCUT2D eigenvalue weighted by Crippen LogP contribution is -2.19. The zero-order chi connectivity index (χ0) is 13.8. The van der Waals surface area contributed by atoms with Gasteiger partial charge in [0.1, 0.15) is 5.82 Å². The Morgan fingerprint density at radius 1 is 0.947 bits per heavy atom. The van der Waals surface area contributed by atoms with E-state index >= 15 is 0 Å². The van der Waals surface area contributed by atoms with Gasteiger partial charge in [-0.2, -0.15) is 0 Å². The van der Waals surface area contributed by atoms with Gasteiger partial charge in [-0.3, -0.25) is 0 Å². The van der Waals surface area contributed by atoms with E-state index in [-0.39, 0.29) is 5.82 Å². The van der Waals surface area contributed by atoms with Crippen LogP contribution in [0, 0.1) is 19.7 Å². The summed E-state index contributed by atoms with van der Waals surface area (Å²) in [5, 5.41) is 6.59. The highest BCUT2D eigenvalue weighted by Gasteiger charge is 2.01. The van der Waals surface area contributed by atoms with Crippen molar-refractivity contribution in [1.29, 1.82) is 0 Å². The Labute approximate surface area is 117 Å². The number of hydrogen-bond donors (Lipinski definition) is 2. The first-order chi connectivity index (χ1) is 9.04. The van der Waals surface area contributed by atoms with Crippen molar-refractivity contribution in [2.45, 2.75) is 13.8 Å². The molecule has 0 amide bonds. The highest BCUT2D eigenvalue weighted by molar-refractivity contribution is 7.80. The highest BCUT2D eigenvalue weighted by Crippen LogP contribution is 2.14. The Bertz CT molecular complexity index is 594. The topological polar surface area (TPSA) is 24.1 Å². The fourth-order valence-electron chi connectivity index (χ4n) is 1.65. The van der Waals surface area contributed by atoms with Crippen LogP contribution in [0.3, 0.4) is 0 Å². The Morgan fingerprint density at radius 2 is 1.53 bits per heavy atom. The normalized spacial score (nSPS) is 10.1. The van der Waals surface area contributed by atoms with Crippen LogP contribution >= 0.6 is 12.2 Å². The predicted octanol–water partition coefficient (Wildman–Crippen LogP) is 4.25. The van der Waals surface area contributed by atoms with E-state index in [0.29, 0.717) is 10.7 Å². The van der Waals surface area contributed by atoms with Gasteiger partial charge in [0.2, 0.25) is 0 Å². The number of thiocarbonyl (C=S) groups is 1. The molecule has 0 aromatic heterocycles. The maximum atomic E-state index is 13.1. The molecule has 0 saturated heterocycles. The van der Waals surface area contributed by atoms with Crippen LogP contribution in [0.2, 0.25) is 0 Å². The van der Waals surface area contributed by atoms with Crippen molar-refractivity contribution >= 4 is 28.7 Å². The second-order valence-electron chi connectivity index (χ2n) is 4.41. The number of anilines is 2. The first kappa shape index (κ1) is 13.5. The maximum Gasteiger partial charge on any atom is 0.175 e. The fraction of sp³-hybridized carbons (Fsp3) is 0.133. The SMILES string of the molecule is Cc1ccc(NC(=S)Nc2ccc(F)c(C)c2)cc1. The third-order valence-electron chi connectivity index (χ3n) is 2.73. The first-order valence-corrected chi connectivity index (χ1v) is 6.36. The second kappa shape index (κ2) is 5.80. The molecule has 2 nitrogen and oxygen atoms in total. The maximum absolute atomic E-state index is 13.1. The molecule has 0 unspecified atom stereocenters. The van der Waals surface area contributed by atoms with Gasteiger partial charge in [-0.15, -0.1) is 0 Å². The summed E-state index contributed by atoms with van der Waals surface area (Å²) >= 11 is 5.21. The molecule has 4 heteroatoms. The van der Waals surface area contributed by atoms with Crippen LogP contribution in [-0.4, -0.2) is 5.11 Å². The average molecular weight is 274 g/mol. The predicted molar refractivity (Wildman–Crippen MR) is 82.2 cm³/mol. The van der Waals surface area contributed by atoms with Gasteiger partial charge in [-0.05, 0) is 62.0 Å². The minimum atomic E-state index is -0.219. The summed E-state index contributed by atoms with van der Waals surface area (Å²) in [6.45, 7) is 3.75. The van der Waals surface area contributed by atoms with Gasteiger partial charge in [-0.25, -0.2) is 4.39 Å². The van der Waals surface area contributed by atoms with Crippen molar-refractivity contribution in [2.24, 2.45) is 0 Å². The molecule has 0 aliphatic carbocycles. The van der Waals surface area contributed by atoms with Crippen molar-refractivity contribution in [1.82, 2.24) is 0 Å². The van der Waals surface area contributed by atoms with Crippen molar-refractivity contribution in [3.05, 3.63) is 59.4 Å². The van der Waals surface area contributed by atoms with Crippen LogP contribution in [0.1, 0.15) is 11.1 Å². The van der Waals surface area contributed by atoms with Crippen molar-refractivity contribution in [3.8, 4) is 0 Å². The summed E-state index contributed by atoms with van der Waals surface area (Å²) in [6.07, 6.45) is 0. The summed E-state index contributed by atoms with van der Waals surface area (Å²) in [4.78, 5) is 0. The van der Waals surface area contributed by atoms with Crippen LogP contribution in [0.5, 0.6) is 0 Å². The molecule has 0 fully saturated rings. The summed E-state index contributed by atoms with van der Waals surface area (Å²) in [5.41, 5.74) is 3.46. The van der Waals surface area contributed by atoms with Crippen LogP contribution in [0.4, 0.5) is 15.8 Å². The molecule has 0 heterocycles. The molecule has 0 radical (unpaired) electrons. The Balaban J connectivity index is 2.01. The van der Waals surface area contributed by atoms with Crippen molar-refractivity contribution in [3.63, 3.8) is 0 Å². The van der Waals surface area contributed by atoms with E-state index < -0.39 is 0 Å². The molecule has 0 saturated carbocycles. The minimum absolute atomic E-state index is 0.219. The first-order valence-electron chi connectivity index (χ1n) is 5.95. The van der Waals surface area contributed by atoms with Gasteiger partial charge in [0.15, 0.2) is 5.11 Å². The molecule has 98 valence electrons. The monoisotopic (exact) mass is 274 g/mol. The van der Waals surface area contributed by atoms with E-state index in [4.69, 9.17) is 12.2 Å². The van der Waals surface area contributed by atoms with Gasteiger partial charge in [0.25, 0.3) is 0 Å². The van der Waals surface area contributed by atoms with Gasteiger partial charge < -0.3 is 10.6 Å². The number of nitrogens with one attached hydrogen (secondary N) is 2. The molecular weight excluding hydrogens is 259 g/mol. The van der Waals surface area contributed by atoms with E-state index in [2.05, 4.69) is 10.6 Å². The molecule has 0 spiro atoms. The lowest BCUT2D eigenvalue weighted by molar-refractivity contribution is 0.619. The van der Waals surface area contributed by atoms with Gasteiger partial charge in [-0.1, -0.05) is 17.7 Å². The van der Waals surface area contributed by atoms with Gasteiger partial charge >= 0.3 is 0 Å². The molecule has 2 aromatic carbocycles. The molecular formula is C15H15FN2S. The smallest absolute Gasteiger partial charge is 0.175 e. The van der Waals surface area contributed by atoms with Gasteiger partial charge in [0.05, 0.1) is 0 Å². The average Bonchev–Trinajstić information content (AvgIpc) is 2.37. The summed E-state index contributed by atoms with van der Waals surface area (Å²) in [6, 6.07) is 12.7. The van der Waals surface area contributed by atoms with E-state index in [0.717, 1.165) is 11.4 Å². The second-order valence-corrected chi connectivity index (χ2v) is 4.82. The lowest BCUT2D eigenvalue weighted by Gasteiger charge is -2.11. The Morgan fingerprint density at radius 3 is 2.16 bits per heavy atom. The van der Waals surface area contributed by atoms with Crippen LogP contribution in [0.25, 0.3) is 0 Å². The Kier molecular flexibility index (Phi) is 4.12. The number of hydrogen-bond acceptors (Lipinski definition) is 1. The molecule has 2 aromatic rings. The Hall–Kier alpha value is -1.94.